The summed E-state index contributed by atoms with van der Waals surface area (Å²) in [7, 11) is -4.07. The fourth-order valence-electron chi connectivity index (χ4n) is 4.32. The number of hydrogen-bond acceptors (Lipinski definition) is 10. The van der Waals surface area contributed by atoms with Crippen LogP contribution in [0.15, 0.2) is 76.7 Å². The summed E-state index contributed by atoms with van der Waals surface area (Å²) in [5.41, 5.74) is 6.14. The second kappa shape index (κ2) is 13.4. The molecule has 2 N–H and O–H groups in total. The number of halogens is 1. The van der Waals surface area contributed by atoms with Gasteiger partial charge in [-0.3, -0.25) is 20.3 Å². The minimum Gasteiger partial charge on any atom is -1.00 e. The lowest BCUT2D eigenvalue weighted by Gasteiger charge is -2.26. The molecule has 3 aromatic carbocycles. The molecule has 0 aliphatic carbocycles. The molecule has 14 heteroatoms. The van der Waals surface area contributed by atoms with Crippen molar-refractivity contribution in [2.75, 3.05) is 41.4 Å². The van der Waals surface area contributed by atoms with Gasteiger partial charge in [-0.25, -0.2) is 13.4 Å². The van der Waals surface area contributed by atoms with Crippen molar-refractivity contribution in [2.24, 2.45) is 5.10 Å². The topological polar surface area (TPSA) is 139 Å². The number of hydrogen-bond donors (Lipinski definition) is 2. The maximum absolute atomic E-state index is 13.0. The highest BCUT2D eigenvalue weighted by Gasteiger charge is 2.23. The Labute approximate surface area is 258 Å². The molecule has 42 heavy (non-hydrogen) atoms. The Balaban J connectivity index is 0.00000405. The van der Waals surface area contributed by atoms with Crippen LogP contribution in [-0.4, -0.2) is 50.8 Å². The molecular weight excluding hydrogens is 644 g/mol. The van der Waals surface area contributed by atoms with Gasteiger partial charge in [0.15, 0.2) is 5.13 Å². The molecule has 2 heterocycles. The Morgan fingerprint density at radius 1 is 1.05 bits per heavy atom. The number of rotatable bonds is 9. The number of thiazole rings is 1. The monoisotopic (exact) mass is 671 g/mol. The van der Waals surface area contributed by atoms with Gasteiger partial charge in [0.1, 0.15) is 5.69 Å². The average Bonchev–Trinajstić information content (AvgIpc) is 3.39. The van der Waals surface area contributed by atoms with Crippen molar-refractivity contribution in [3.05, 3.63) is 92.8 Å². The number of ether oxygens (including phenoxy) is 1. The van der Waals surface area contributed by atoms with Gasteiger partial charge in [0.05, 0.1) is 45.5 Å². The molecule has 4 aromatic rings. The van der Waals surface area contributed by atoms with E-state index in [0.29, 0.717) is 18.9 Å². The number of aromatic nitrogens is 1. The predicted octanol–water partition coefficient (Wildman–Crippen LogP) is 2.42. The number of hydrazone groups is 1. The highest BCUT2D eigenvalue weighted by molar-refractivity contribution is 7.92. The first-order valence-electron chi connectivity index (χ1n) is 12.8. The molecule has 0 unspecified atom stereocenters. The van der Waals surface area contributed by atoms with Crippen molar-refractivity contribution in [2.45, 2.75) is 18.7 Å². The first-order chi connectivity index (χ1) is 19.7. The zero-order chi connectivity index (χ0) is 29.0. The van der Waals surface area contributed by atoms with Crippen LogP contribution in [0.2, 0.25) is 0 Å². The van der Waals surface area contributed by atoms with Gasteiger partial charge < -0.3 is 26.6 Å². The molecule has 5 rings (SSSR count). The van der Waals surface area contributed by atoms with E-state index in [2.05, 4.69) is 20.1 Å². The van der Waals surface area contributed by atoms with Gasteiger partial charge in [-0.1, -0.05) is 59.4 Å². The molecule has 1 aliphatic rings. The van der Waals surface area contributed by atoms with Crippen molar-refractivity contribution in [3.63, 3.8) is 0 Å². The van der Waals surface area contributed by atoms with Crippen LogP contribution in [0.4, 0.5) is 22.2 Å². The molecule has 1 aliphatic heterocycles. The van der Waals surface area contributed by atoms with Crippen molar-refractivity contribution in [3.8, 4) is 11.3 Å². The Morgan fingerprint density at radius 2 is 1.76 bits per heavy atom. The lowest BCUT2D eigenvalue weighted by atomic mass is 10.1. The predicted molar refractivity (Wildman–Crippen MR) is 162 cm³/mol. The lowest BCUT2D eigenvalue weighted by Crippen LogP contribution is -3.00. The van der Waals surface area contributed by atoms with Gasteiger partial charge in [0.25, 0.3) is 15.7 Å². The maximum Gasteiger partial charge on any atom is 0.295 e. The lowest BCUT2D eigenvalue weighted by molar-refractivity contribution is -0.384. The largest absolute Gasteiger partial charge is 1.00 e. The second-order valence-corrected chi connectivity index (χ2v) is 12.1. The number of benzene rings is 3. The van der Waals surface area contributed by atoms with Crippen LogP contribution in [-0.2, 0) is 14.8 Å². The fourth-order valence-corrected chi connectivity index (χ4v) is 6.48. The molecule has 0 atom stereocenters. The fraction of sp³-hybridized carbons (Fsp3) is 0.214. The molecule has 1 aromatic heterocycles. The molecule has 0 radical (unpaired) electrons. The minimum atomic E-state index is -4.07. The molecule has 0 amide bonds. The van der Waals surface area contributed by atoms with Gasteiger partial charge in [-0.15, -0.1) is 0 Å². The number of nitrogens with one attached hydrogen (secondary N) is 2. The molecular formula is C28H28BrN6O5S2-. The van der Waals surface area contributed by atoms with Crippen molar-refractivity contribution in [1.82, 2.24) is 4.98 Å². The van der Waals surface area contributed by atoms with Crippen molar-refractivity contribution >= 4 is 49.8 Å². The summed E-state index contributed by atoms with van der Waals surface area (Å²) < 4.78 is 34.0. The third-order valence-corrected chi connectivity index (χ3v) is 8.85. The van der Waals surface area contributed by atoms with E-state index < -0.39 is 20.6 Å². The molecule has 0 spiro atoms. The summed E-state index contributed by atoms with van der Waals surface area (Å²) in [4.78, 5) is 18.8. The van der Waals surface area contributed by atoms with Gasteiger partial charge >= 0.3 is 0 Å². The number of aryl methyl sites for hydroxylation is 2. The van der Waals surface area contributed by atoms with E-state index in [1.54, 1.807) is 25.3 Å². The Morgan fingerprint density at radius 3 is 2.45 bits per heavy atom. The number of nitro benzene ring substituents is 1. The molecule has 0 saturated carbocycles. The number of morpholine rings is 1. The summed E-state index contributed by atoms with van der Waals surface area (Å²) in [6.45, 7) is 6.41. The number of nitrogens with zero attached hydrogens (tertiary/aromatic N) is 4. The van der Waals surface area contributed by atoms with Gasteiger partial charge in [-0.2, -0.15) is 5.10 Å². The van der Waals surface area contributed by atoms with Gasteiger partial charge in [0.2, 0.25) is 0 Å². The zero-order valence-electron chi connectivity index (χ0n) is 22.8. The highest BCUT2D eigenvalue weighted by Crippen LogP contribution is 2.33. The second-order valence-electron chi connectivity index (χ2n) is 9.40. The quantitative estimate of drug-likeness (QED) is 0.157. The van der Waals surface area contributed by atoms with Gasteiger partial charge in [-0.05, 0) is 37.6 Å². The molecule has 1 fully saturated rings. The van der Waals surface area contributed by atoms with Crippen LogP contribution >= 0.6 is 11.3 Å². The average molecular weight is 673 g/mol. The third kappa shape index (κ3) is 7.13. The maximum atomic E-state index is 13.0. The SMILES string of the molecule is Cc1ccc(NS(=O)(=O)c2ccc(N/N=C/c3sc(N4CCOCC4)nc3-c3ccccc3)c([N+](=O)[O-])c2)c(C)c1.[Br-]. The summed E-state index contributed by atoms with van der Waals surface area (Å²) in [5, 5.41) is 17.0. The van der Waals surface area contributed by atoms with Crippen LogP contribution in [0.5, 0.6) is 0 Å². The smallest absolute Gasteiger partial charge is 0.295 e. The first-order valence-corrected chi connectivity index (χ1v) is 15.1. The summed E-state index contributed by atoms with van der Waals surface area (Å²) in [5.74, 6) is 0. The number of anilines is 3. The third-order valence-electron chi connectivity index (χ3n) is 6.44. The van der Waals surface area contributed by atoms with E-state index in [4.69, 9.17) is 9.72 Å². The van der Waals surface area contributed by atoms with E-state index in [1.165, 1.54) is 23.5 Å². The van der Waals surface area contributed by atoms with Crippen molar-refractivity contribution < 1.29 is 35.1 Å². The highest BCUT2D eigenvalue weighted by atomic mass is 79.9. The Bertz CT molecular complexity index is 1710. The molecule has 220 valence electrons. The Kier molecular flexibility index (Phi) is 9.93. The van der Waals surface area contributed by atoms with Crippen LogP contribution in [0.1, 0.15) is 16.0 Å². The summed E-state index contributed by atoms with van der Waals surface area (Å²) >= 11 is 1.46. The van der Waals surface area contributed by atoms with Crippen molar-refractivity contribution in [1.29, 1.82) is 0 Å². The normalized spacial score (nSPS) is 13.5. The zero-order valence-corrected chi connectivity index (χ0v) is 26.0. The van der Waals surface area contributed by atoms with E-state index >= 15 is 0 Å². The van der Waals surface area contributed by atoms with E-state index in [-0.39, 0.29) is 27.6 Å². The van der Waals surface area contributed by atoms with Crippen LogP contribution in [0, 0.1) is 24.0 Å². The molecule has 0 bridgehead atoms. The first kappa shape index (κ1) is 31.1. The Hall–Kier alpha value is -3.85. The van der Waals surface area contributed by atoms with Crippen LogP contribution in [0.3, 0.4) is 0 Å². The number of sulfonamides is 1. The van der Waals surface area contributed by atoms with E-state index in [9.17, 15) is 18.5 Å². The minimum absolute atomic E-state index is 0. The molecule has 11 nitrogen and oxygen atoms in total. The molecule has 1 saturated heterocycles. The van der Waals surface area contributed by atoms with Crippen LogP contribution < -0.4 is 32.0 Å². The standard InChI is InChI=1S/C28H28N6O5S2.BrH/c1-19-8-10-23(20(2)16-19)32-41(37,38)22-9-11-24(25(17-22)34(35)36)31-29-18-26-27(21-6-4-3-5-7-21)30-28(40-26)33-12-14-39-15-13-33;/h3-11,16-18,31-32H,12-15H2,1-2H3;1H/p-1/b29-18+;. The van der Waals surface area contributed by atoms with E-state index in [0.717, 1.165) is 51.5 Å². The van der Waals surface area contributed by atoms with Gasteiger partial charge in [0, 0.05) is 24.7 Å². The van der Waals surface area contributed by atoms with E-state index in [1.807, 2.05) is 43.3 Å². The number of nitro groups is 1. The summed E-state index contributed by atoms with van der Waals surface area (Å²) in [6, 6.07) is 18.6. The summed E-state index contributed by atoms with van der Waals surface area (Å²) in [6.07, 6.45) is 1.57. The van der Waals surface area contributed by atoms with Crippen LogP contribution in [0.25, 0.3) is 11.3 Å².